The number of carbonyl (C=O) groups is 3. The molecule has 0 aliphatic carbocycles. The number of carboxylic acid groups (broad SMARTS) is 1. The van der Waals surface area contributed by atoms with Crippen molar-refractivity contribution in [1.82, 2.24) is 10.2 Å². The standard InChI is InChI=1S/C14H25N3O4/c1-3-9(2)12(14(20)21)16-11(18)8-17-6-4-10(5-7-17)13(15)19/h9-10,12H,3-8H2,1-2H3,(H2,15,19)(H,16,18)(H,20,21). The van der Waals surface area contributed by atoms with Crippen molar-refractivity contribution in [3.05, 3.63) is 0 Å². The lowest BCUT2D eigenvalue weighted by Crippen LogP contribution is -2.50. The van der Waals surface area contributed by atoms with Crippen molar-refractivity contribution < 1.29 is 19.5 Å². The van der Waals surface area contributed by atoms with Gasteiger partial charge in [0, 0.05) is 5.92 Å². The molecule has 2 amide bonds. The molecule has 0 spiro atoms. The second-order valence-corrected chi connectivity index (χ2v) is 5.72. The van der Waals surface area contributed by atoms with E-state index in [2.05, 4.69) is 5.32 Å². The molecule has 1 rings (SSSR count). The summed E-state index contributed by atoms with van der Waals surface area (Å²) in [5, 5.41) is 11.7. The number of piperidine rings is 1. The van der Waals surface area contributed by atoms with Gasteiger partial charge in [-0.2, -0.15) is 0 Å². The summed E-state index contributed by atoms with van der Waals surface area (Å²) >= 11 is 0. The van der Waals surface area contributed by atoms with Crippen LogP contribution in [0.1, 0.15) is 33.1 Å². The third kappa shape index (κ3) is 5.34. The van der Waals surface area contributed by atoms with E-state index in [0.29, 0.717) is 32.4 Å². The molecule has 0 aromatic carbocycles. The van der Waals surface area contributed by atoms with Crippen LogP contribution in [-0.2, 0) is 14.4 Å². The summed E-state index contributed by atoms with van der Waals surface area (Å²) in [5.74, 6) is -1.82. The summed E-state index contributed by atoms with van der Waals surface area (Å²) in [6.45, 7) is 5.11. The van der Waals surface area contributed by atoms with Crippen molar-refractivity contribution in [3.8, 4) is 0 Å². The number of primary amides is 1. The summed E-state index contributed by atoms with van der Waals surface area (Å²) in [6.07, 6.45) is 1.98. The van der Waals surface area contributed by atoms with Crippen LogP contribution < -0.4 is 11.1 Å². The third-order valence-corrected chi connectivity index (χ3v) is 4.15. The highest BCUT2D eigenvalue weighted by atomic mass is 16.4. The molecule has 0 aromatic heterocycles. The van der Waals surface area contributed by atoms with Gasteiger partial charge in [-0.15, -0.1) is 0 Å². The molecule has 0 aromatic rings. The second-order valence-electron chi connectivity index (χ2n) is 5.72. The average molecular weight is 299 g/mol. The van der Waals surface area contributed by atoms with Crippen LogP contribution >= 0.6 is 0 Å². The molecule has 2 unspecified atom stereocenters. The van der Waals surface area contributed by atoms with E-state index in [0.717, 1.165) is 0 Å². The quantitative estimate of drug-likeness (QED) is 0.602. The zero-order chi connectivity index (χ0) is 16.0. The van der Waals surface area contributed by atoms with E-state index in [9.17, 15) is 14.4 Å². The molecule has 1 saturated heterocycles. The van der Waals surface area contributed by atoms with Gasteiger partial charge in [-0.05, 0) is 31.8 Å². The maximum atomic E-state index is 12.0. The minimum absolute atomic E-state index is 0.115. The minimum atomic E-state index is -1.01. The third-order valence-electron chi connectivity index (χ3n) is 4.15. The number of rotatable bonds is 7. The Bertz CT molecular complexity index is 392. The molecule has 1 heterocycles. The Morgan fingerprint density at radius 2 is 1.90 bits per heavy atom. The molecule has 4 N–H and O–H groups in total. The number of carbonyl (C=O) groups excluding carboxylic acids is 2. The highest BCUT2D eigenvalue weighted by Crippen LogP contribution is 2.16. The fourth-order valence-corrected chi connectivity index (χ4v) is 2.48. The lowest BCUT2D eigenvalue weighted by Gasteiger charge is -2.30. The smallest absolute Gasteiger partial charge is 0.326 e. The van der Waals surface area contributed by atoms with Gasteiger partial charge >= 0.3 is 5.97 Å². The largest absolute Gasteiger partial charge is 0.480 e. The predicted molar refractivity (Wildman–Crippen MR) is 77.4 cm³/mol. The normalized spacial score (nSPS) is 19.7. The first-order valence-corrected chi connectivity index (χ1v) is 7.39. The van der Waals surface area contributed by atoms with E-state index in [-0.39, 0.29) is 30.2 Å². The van der Waals surface area contributed by atoms with Crippen LogP contribution in [0.2, 0.25) is 0 Å². The first kappa shape index (κ1) is 17.4. The Balaban J connectivity index is 2.43. The molecule has 2 atom stereocenters. The van der Waals surface area contributed by atoms with Crippen LogP contribution in [0, 0.1) is 11.8 Å². The average Bonchev–Trinajstić information content (AvgIpc) is 2.44. The Hall–Kier alpha value is -1.63. The number of hydrogen-bond acceptors (Lipinski definition) is 4. The fourth-order valence-electron chi connectivity index (χ4n) is 2.48. The van der Waals surface area contributed by atoms with Crippen molar-refractivity contribution in [2.45, 2.75) is 39.2 Å². The molecular weight excluding hydrogens is 274 g/mol. The zero-order valence-corrected chi connectivity index (χ0v) is 12.7. The fraction of sp³-hybridized carbons (Fsp3) is 0.786. The van der Waals surface area contributed by atoms with Crippen LogP contribution in [-0.4, -0.2) is 53.5 Å². The van der Waals surface area contributed by atoms with Crippen LogP contribution in [0.5, 0.6) is 0 Å². The molecule has 0 bridgehead atoms. The summed E-state index contributed by atoms with van der Waals surface area (Å²) in [5.41, 5.74) is 5.26. The van der Waals surface area contributed by atoms with E-state index in [1.807, 2.05) is 11.8 Å². The van der Waals surface area contributed by atoms with Gasteiger partial charge < -0.3 is 16.2 Å². The minimum Gasteiger partial charge on any atom is -0.480 e. The number of nitrogens with zero attached hydrogens (tertiary/aromatic N) is 1. The van der Waals surface area contributed by atoms with Crippen LogP contribution in [0.15, 0.2) is 0 Å². The van der Waals surface area contributed by atoms with Gasteiger partial charge in [0.15, 0.2) is 0 Å². The van der Waals surface area contributed by atoms with Crippen molar-refractivity contribution in [3.63, 3.8) is 0 Å². The monoisotopic (exact) mass is 299 g/mol. The maximum absolute atomic E-state index is 12.0. The SMILES string of the molecule is CCC(C)C(NC(=O)CN1CCC(C(N)=O)CC1)C(=O)O. The molecule has 0 saturated carbocycles. The first-order valence-electron chi connectivity index (χ1n) is 7.39. The van der Waals surface area contributed by atoms with E-state index >= 15 is 0 Å². The molecule has 120 valence electrons. The number of hydrogen-bond donors (Lipinski definition) is 3. The van der Waals surface area contributed by atoms with Crippen molar-refractivity contribution >= 4 is 17.8 Å². The van der Waals surface area contributed by atoms with Crippen LogP contribution in [0.3, 0.4) is 0 Å². The lowest BCUT2D eigenvalue weighted by molar-refractivity contribution is -0.143. The number of nitrogens with two attached hydrogens (primary N) is 1. The van der Waals surface area contributed by atoms with Crippen molar-refractivity contribution in [2.75, 3.05) is 19.6 Å². The molecule has 7 heteroatoms. The number of amides is 2. The zero-order valence-electron chi connectivity index (χ0n) is 12.7. The summed E-state index contributed by atoms with van der Waals surface area (Å²) < 4.78 is 0. The van der Waals surface area contributed by atoms with Crippen molar-refractivity contribution in [1.29, 1.82) is 0 Å². The molecule has 1 aliphatic rings. The molecule has 1 fully saturated rings. The Morgan fingerprint density at radius 1 is 1.33 bits per heavy atom. The molecule has 21 heavy (non-hydrogen) atoms. The number of likely N-dealkylation sites (tertiary alicyclic amines) is 1. The van der Waals surface area contributed by atoms with Gasteiger partial charge in [0.1, 0.15) is 6.04 Å². The highest BCUT2D eigenvalue weighted by Gasteiger charge is 2.28. The van der Waals surface area contributed by atoms with Gasteiger partial charge in [-0.1, -0.05) is 20.3 Å². The van der Waals surface area contributed by atoms with Gasteiger partial charge in [-0.3, -0.25) is 14.5 Å². The molecule has 0 radical (unpaired) electrons. The number of aliphatic carboxylic acids is 1. The molecular formula is C14H25N3O4. The van der Waals surface area contributed by atoms with E-state index in [4.69, 9.17) is 10.8 Å². The van der Waals surface area contributed by atoms with Crippen molar-refractivity contribution in [2.24, 2.45) is 17.6 Å². The van der Waals surface area contributed by atoms with E-state index in [1.54, 1.807) is 6.92 Å². The van der Waals surface area contributed by atoms with Gasteiger partial charge in [0.25, 0.3) is 0 Å². The van der Waals surface area contributed by atoms with E-state index in [1.165, 1.54) is 0 Å². The highest BCUT2D eigenvalue weighted by molar-refractivity contribution is 5.84. The Labute approximate surface area is 124 Å². The summed E-state index contributed by atoms with van der Waals surface area (Å²) in [6, 6.07) is -0.856. The molecule has 1 aliphatic heterocycles. The second kappa shape index (κ2) is 7.97. The van der Waals surface area contributed by atoms with Gasteiger partial charge in [0.2, 0.25) is 11.8 Å². The first-order chi connectivity index (χ1) is 9.85. The van der Waals surface area contributed by atoms with Crippen LogP contribution in [0.4, 0.5) is 0 Å². The predicted octanol–water partition coefficient (Wildman–Crippen LogP) is -0.201. The van der Waals surface area contributed by atoms with Crippen LogP contribution in [0.25, 0.3) is 0 Å². The summed E-state index contributed by atoms with van der Waals surface area (Å²) in [7, 11) is 0. The maximum Gasteiger partial charge on any atom is 0.326 e. The van der Waals surface area contributed by atoms with Gasteiger partial charge in [-0.25, -0.2) is 4.79 Å². The van der Waals surface area contributed by atoms with E-state index < -0.39 is 12.0 Å². The number of carboxylic acids is 1. The molecule has 7 nitrogen and oxygen atoms in total. The summed E-state index contributed by atoms with van der Waals surface area (Å²) in [4.78, 5) is 36.1. The Kier molecular flexibility index (Phi) is 6.61. The number of nitrogens with one attached hydrogen (secondary N) is 1. The topological polar surface area (TPSA) is 113 Å². The lowest BCUT2D eigenvalue weighted by atomic mass is 9.96. The Morgan fingerprint density at radius 3 is 2.33 bits per heavy atom. The van der Waals surface area contributed by atoms with Gasteiger partial charge in [0.05, 0.1) is 6.54 Å².